The fraction of sp³-hybridized carbons (Fsp3) is 0.300. The van der Waals surface area contributed by atoms with Crippen LogP contribution in [0, 0.1) is 11.7 Å². The zero-order valence-electron chi connectivity index (χ0n) is 15.3. The maximum Gasteiger partial charge on any atom is 0.262 e. The second-order valence-electron chi connectivity index (χ2n) is 7.05. The first kappa shape index (κ1) is 18.5. The van der Waals surface area contributed by atoms with E-state index in [9.17, 15) is 14.0 Å². The largest absolute Gasteiger partial charge is 0.289 e. The number of hydrogen-bond acceptors (Lipinski definition) is 5. The van der Waals surface area contributed by atoms with Gasteiger partial charge in [0, 0.05) is 4.88 Å². The van der Waals surface area contributed by atoms with E-state index in [2.05, 4.69) is 22.4 Å². The summed E-state index contributed by atoms with van der Waals surface area (Å²) in [6.07, 6.45) is 5.75. The molecule has 0 saturated carbocycles. The zero-order valence-corrected chi connectivity index (χ0v) is 16.1. The van der Waals surface area contributed by atoms with Gasteiger partial charge in [0.05, 0.1) is 17.9 Å². The number of aryl methyl sites for hydroxylation is 1. The third-order valence-corrected chi connectivity index (χ3v) is 6.03. The van der Waals surface area contributed by atoms with E-state index in [4.69, 9.17) is 0 Å². The van der Waals surface area contributed by atoms with Gasteiger partial charge in [0.1, 0.15) is 17.2 Å². The van der Waals surface area contributed by atoms with Gasteiger partial charge in [-0.3, -0.25) is 14.2 Å². The number of halogens is 1. The van der Waals surface area contributed by atoms with Gasteiger partial charge in [0.25, 0.3) is 11.5 Å². The molecule has 2 heterocycles. The Morgan fingerprint density at radius 3 is 3.00 bits per heavy atom. The molecule has 8 heteroatoms. The molecule has 1 amide bonds. The lowest BCUT2D eigenvalue weighted by Crippen LogP contribution is -2.30. The van der Waals surface area contributed by atoms with Crippen LogP contribution in [0.25, 0.3) is 10.2 Å². The van der Waals surface area contributed by atoms with Crippen molar-refractivity contribution in [3.63, 3.8) is 0 Å². The molecule has 0 bridgehead atoms. The van der Waals surface area contributed by atoms with Gasteiger partial charge >= 0.3 is 0 Å². The van der Waals surface area contributed by atoms with E-state index in [-0.39, 0.29) is 17.9 Å². The van der Waals surface area contributed by atoms with Crippen molar-refractivity contribution in [2.24, 2.45) is 11.0 Å². The highest BCUT2D eigenvalue weighted by Gasteiger charge is 2.23. The topological polar surface area (TPSA) is 76.3 Å². The van der Waals surface area contributed by atoms with E-state index in [1.165, 1.54) is 34.1 Å². The summed E-state index contributed by atoms with van der Waals surface area (Å²) in [7, 11) is 0. The molecule has 6 nitrogen and oxygen atoms in total. The van der Waals surface area contributed by atoms with Crippen LogP contribution in [0.1, 0.15) is 29.3 Å². The summed E-state index contributed by atoms with van der Waals surface area (Å²) in [6.45, 7) is 2.05. The fourth-order valence-electron chi connectivity index (χ4n) is 3.40. The molecule has 3 aromatic rings. The Morgan fingerprint density at radius 2 is 2.21 bits per heavy atom. The number of rotatable bonds is 4. The molecular weight excluding hydrogens is 379 g/mol. The number of nitrogens with one attached hydrogen (secondary N) is 1. The Balaban J connectivity index is 1.50. The molecule has 1 aromatic carbocycles. The highest BCUT2D eigenvalue weighted by Crippen LogP contribution is 2.35. The number of nitrogens with zero attached hydrogens (tertiary/aromatic N) is 3. The van der Waals surface area contributed by atoms with Crippen molar-refractivity contribution in [3.05, 3.63) is 62.8 Å². The average molecular weight is 398 g/mol. The second kappa shape index (κ2) is 7.63. The summed E-state index contributed by atoms with van der Waals surface area (Å²) >= 11 is 1.58. The minimum atomic E-state index is -0.431. The lowest BCUT2D eigenvalue weighted by Gasteiger charge is -2.17. The van der Waals surface area contributed by atoms with Crippen LogP contribution in [0.5, 0.6) is 0 Å². The number of benzene rings is 1. The van der Waals surface area contributed by atoms with E-state index < -0.39 is 5.91 Å². The van der Waals surface area contributed by atoms with Gasteiger partial charge in [-0.1, -0.05) is 19.1 Å². The Labute approximate surface area is 164 Å². The minimum Gasteiger partial charge on any atom is -0.289 e. The van der Waals surface area contributed by atoms with Crippen molar-refractivity contribution < 1.29 is 9.18 Å². The highest BCUT2D eigenvalue weighted by atomic mass is 32.1. The Hall–Kier alpha value is -2.87. The smallest absolute Gasteiger partial charge is 0.262 e. The summed E-state index contributed by atoms with van der Waals surface area (Å²) < 4.78 is 14.2. The molecule has 0 fully saturated rings. The van der Waals surface area contributed by atoms with Crippen LogP contribution < -0.4 is 11.0 Å². The average Bonchev–Trinajstić information content (AvgIpc) is 3.04. The number of fused-ring (bicyclic) bond motifs is 3. The fourth-order valence-corrected chi connectivity index (χ4v) is 4.74. The monoisotopic (exact) mass is 398 g/mol. The maximum atomic E-state index is 12.9. The van der Waals surface area contributed by atoms with Crippen LogP contribution in [0.4, 0.5) is 4.39 Å². The first-order valence-corrected chi connectivity index (χ1v) is 9.90. The lowest BCUT2D eigenvalue weighted by atomic mass is 9.89. The van der Waals surface area contributed by atoms with E-state index >= 15 is 0 Å². The molecule has 1 aliphatic carbocycles. The molecule has 0 aliphatic heterocycles. The van der Waals surface area contributed by atoms with Crippen LogP contribution in [0.3, 0.4) is 0 Å². The number of amides is 1. The van der Waals surface area contributed by atoms with Crippen LogP contribution >= 0.6 is 11.3 Å². The standard InChI is InChI=1S/C20H19FN4O2S/c1-12-2-7-15-16(8-12)28-19-18(15)20(27)25(11-22-19)10-17(26)24-23-9-13-3-5-14(21)6-4-13/h3-6,9,11-12H,2,7-8,10H2,1H3,(H,24,26)/b23-9-. The van der Waals surface area contributed by atoms with Crippen LogP contribution in [-0.2, 0) is 24.2 Å². The van der Waals surface area contributed by atoms with Gasteiger partial charge < -0.3 is 0 Å². The molecule has 4 rings (SSSR count). The number of carbonyl (C=O) groups excluding carboxylic acids is 1. The first-order valence-electron chi connectivity index (χ1n) is 9.08. The Kier molecular flexibility index (Phi) is 5.04. The number of aromatic nitrogens is 2. The molecule has 1 N–H and O–H groups in total. The van der Waals surface area contributed by atoms with Gasteiger partial charge in [-0.05, 0) is 48.4 Å². The van der Waals surface area contributed by atoms with Crippen molar-refractivity contribution in [2.45, 2.75) is 32.7 Å². The van der Waals surface area contributed by atoms with E-state index in [0.717, 1.165) is 29.7 Å². The summed E-state index contributed by atoms with van der Waals surface area (Å²) in [6, 6.07) is 5.72. The van der Waals surface area contributed by atoms with Crippen LogP contribution in [-0.4, -0.2) is 21.7 Å². The quantitative estimate of drug-likeness (QED) is 0.542. The molecule has 0 spiro atoms. The first-order chi connectivity index (χ1) is 13.5. The maximum absolute atomic E-state index is 12.9. The normalized spacial score (nSPS) is 16.4. The molecular formula is C20H19FN4O2S. The van der Waals surface area contributed by atoms with Crippen molar-refractivity contribution >= 4 is 33.7 Å². The number of carbonyl (C=O) groups is 1. The van der Waals surface area contributed by atoms with Crippen molar-refractivity contribution in [3.8, 4) is 0 Å². The lowest BCUT2D eigenvalue weighted by molar-refractivity contribution is -0.121. The van der Waals surface area contributed by atoms with Crippen molar-refractivity contribution in [1.82, 2.24) is 15.0 Å². The molecule has 1 aliphatic rings. The van der Waals surface area contributed by atoms with Crippen LogP contribution in [0.15, 0.2) is 40.5 Å². The number of hydrogen-bond donors (Lipinski definition) is 1. The Bertz CT molecular complexity index is 1120. The van der Waals surface area contributed by atoms with Gasteiger partial charge in [0.15, 0.2) is 0 Å². The van der Waals surface area contributed by atoms with Crippen molar-refractivity contribution in [2.75, 3.05) is 0 Å². The van der Waals surface area contributed by atoms with Gasteiger partial charge in [-0.25, -0.2) is 14.8 Å². The number of hydrazone groups is 1. The minimum absolute atomic E-state index is 0.163. The predicted octanol–water partition coefficient (Wildman–Crippen LogP) is 2.87. The zero-order chi connectivity index (χ0) is 19.7. The highest BCUT2D eigenvalue weighted by molar-refractivity contribution is 7.18. The second-order valence-corrected chi connectivity index (χ2v) is 8.14. The SMILES string of the molecule is CC1CCc2c(sc3ncn(CC(=O)N/N=C\c4ccc(F)cc4)c(=O)c23)C1. The molecule has 2 aromatic heterocycles. The molecule has 0 saturated heterocycles. The van der Waals surface area contributed by atoms with E-state index in [1.807, 2.05) is 0 Å². The van der Waals surface area contributed by atoms with E-state index in [0.29, 0.717) is 16.9 Å². The predicted molar refractivity (Wildman–Crippen MR) is 107 cm³/mol. The van der Waals surface area contributed by atoms with Crippen molar-refractivity contribution in [1.29, 1.82) is 0 Å². The Morgan fingerprint density at radius 1 is 1.43 bits per heavy atom. The van der Waals surface area contributed by atoms with E-state index in [1.54, 1.807) is 23.5 Å². The van der Waals surface area contributed by atoms with Crippen LogP contribution in [0.2, 0.25) is 0 Å². The molecule has 144 valence electrons. The summed E-state index contributed by atoms with van der Waals surface area (Å²) in [4.78, 5) is 31.4. The molecule has 1 atom stereocenters. The summed E-state index contributed by atoms with van der Waals surface area (Å²) in [5, 5.41) is 4.50. The molecule has 0 radical (unpaired) electrons. The number of thiophene rings is 1. The summed E-state index contributed by atoms with van der Waals surface area (Å²) in [5.41, 5.74) is 3.95. The molecule has 28 heavy (non-hydrogen) atoms. The van der Waals surface area contributed by atoms with Gasteiger partial charge in [-0.15, -0.1) is 11.3 Å². The summed E-state index contributed by atoms with van der Waals surface area (Å²) in [5.74, 6) is -0.152. The third-order valence-electron chi connectivity index (χ3n) is 4.87. The molecule has 1 unspecified atom stereocenters. The third kappa shape index (κ3) is 3.73. The van der Waals surface area contributed by atoms with Gasteiger partial charge in [-0.2, -0.15) is 5.10 Å². The van der Waals surface area contributed by atoms with Gasteiger partial charge in [0.2, 0.25) is 0 Å².